The third-order valence-electron chi connectivity index (χ3n) is 4.91. The van der Waals surface area contributed by atoms with Gasteiger partial charge in [0, 0.05) is 32.2 Å². The summed E-state index contributed by atoms with van der Waals surface area (Å²) >= 11 is 0. The summed E-state index contributed by atoms with van der Waals surface area (Å²) in [4.78, 5) is 27.3. The number of amides is 2. The quantitative estimate of drug-likeness (QED) is 0.834. The van der Waals surface area contributed by atoms with Crippen molar-refractivity contribution in [3.8, 4) is 0 Å². The molecule has 0 spiro atoms. The largest absolute Gasteiger partial charge is 0.376 e. The summed E-state index contributed by atoms with van der Waals surface area (Å²) in [5.41, 5.74) is 1.79. The second kappa shape index (κ2) is 8.53. The van der Waals surface area contributed by atoms with E-state index in [1.165, 1.54) is 0 Å². The Morgan fingerprint density at radius 1 is 1.21 bits per heavy atom. The molecular weight excluding hydrogens is 360 g/mol. The zero-order chi connectivity index (χ0) is 19.3. The van der Waals surface area contributed by atoms with Crippen molar-refractivity contribution >= 4 is 11.8 Å². The van der Waals surface area contributed by atoms with Crippen LogP contribution in [0.5, 0.6) is 0 Å². The van der Waals surface area contributed by atoms with Crippen LogP contribution in [0.3, 0.4) is 0 Å². The molecule has 1 fully saturated rings. The van der Waals surface area contributed by atoms with Gasteiger partial charge in [0.25, 0.3) is 11.8 Å². The van der Waals surface area contributed by atoms with Crippen molar-refractivity contribution in [3.05, 3.63) is 53.3 Å². The van der Waals surface area contributed by atoms with E-state index in [0.717, 1.165) is 12.0 Å². The third kappa shape index (κ3) is 4.23. The number of hydrogen-bond acceptors (Lipinski definition) is 5. The molecule has 8 nitrogen and oxygen atoms in total. The highest BCUT2D eigenvalue weighted by Crippen LogP contribution is 2.16. The number of rotatable bonds is 5. The molecule has 1 aromatic heterocycles. The Labute approximate surface area is 163 Å². The molecule has 0 saturated carbocycles. The van der Waals surface area contributed by atoms with Crippen molar-refractivity contribution in [2.24, 2.45) is 0 Å². The van der Waals surface area contributed by atoms with Gasteiger partial charge in [-0.3, -0.25) is 14.3 Å². The molecular formula is C20H24N4O4. The van der Waals surface area contributed by atoms with Crippen LogP contribution in [-0.4, -0.2) is 65.5 Å². The molecule has 0 bridgehead atoms. The minimum absolute atomic E-state index is 0.100. The van der Waals surface area contributed by atoms with Crippen LogP contribution < -0.4 is 5.32 Å². The topological polar surface area (TPSA) is 85.7 Å². The maximum atomic E-state index is 13.0. The Hall–Kier alpha value is -2.71. The van der Waals surface area contributed by atoms with E-state index < -0.39 is 0 Å². The van der Waals surface area contributed by atoms with Crippen molar-refractivity contribution in [1.29, 1.82) is 0 Å². The average Bonchev–Trinajstić information content (AvgIpc) is 3.11. The molecule has 1 atom stereocenters. The summed E-state index contributed by atoms with van der Waals surface area (Å²) in [7, 11) is 0. The first-order chi connectivity index (χ1) is 13.7. The third-order valence-corrected chi connectivity index (χ3v) is 4.91. The Morgan fingerprint density at radius 3 is 2.86 bits per heavy atom. The van der Waals surface area contributed by atoms with Crippen LogP contribution in [0.1, 0.15) is 33.0 Å². The zero-order valence-corrected chi connectivity index (χ0v) is 15.7. The average molecular weight is 384 g/mol. The monoisotopic (exact) mass is 384 g/mol. The number of hydrogen-bond donors (Lipinski definition) is 1. The van der Waals surface area contributed by atoms with E-state index in [1.54, 1.807) is 10.7 Å². The van der Waals surface area contributed by atoms with Crippen LogP contribution in [0.25, 0.3) is 0 Å². The fraction of sp³-hybridized carbons (Fsp3) is 0.450. The zero-order valence-electron chi connectivity index (χ0n) is 15.7. The van der Waals surface area contributed by atoms with E-state index in [2.05, 4.69) is 10.4 Å². The van der Waals surface area contributed by atoms with E-state index >= 15 is 0 Å². The minimum Gasteiger partial charge on any atom is -0.376 e. The molecule has 148 valence electrons. The molecule has 0 radical (unpaired) electrons. The predicted molar refractivity (Wildman–Crippen MR) is 101 cm³/mol. The van der Waals surface area contributed by atoms with Crippen LogP contribution >= 0.6 is 0 Å². The van der Waals surface area contributed by atoms with Gasteiger partial charge in [0.2, 0.25) is 0 Å². The van der Waals surface area contributed by atoms with Crippen molar-refractivity contribution in [3.63, 3.8) is 0 Å². The Kier molecular flexibility index (Phi) is 5.68. The van der Waals surface area contributed by atoms with Crippen LogP contribution in [0.4, 0.5) is 0 Å². The number of fused-ring (bicyclic) bond motifs is 1. The number of ether oxygens (including phenoxy) is 2. The van der Waals surface area contributed by atoms with Gasteiger partial charge in [0.05, 0.1) is 25.9 Å². The van der Waals surface area contributed by atoms with Crippen molar-refractivity contribution in [2.75, 3.05) is 32.9 Å². The Bertz CT molecular complexity index is 830. The van der Waals surface area contributed by atoms with Crippen LogP contribution in [-0.2, 0) is 22.6 Å². The first-order valence-electron chi connectivity index (χ1n) is 9.59. The normalized spacial score (nSPS) is 19.8. The van der Waals surface area contributed by atoms with Gasteiger partial charge < -0.3 is 19.7 Å². The van der Waals surface area contributed by atoms with Gasteiger partial charge in [-0.15, -0.1) is 0 Å². The van der Waals surface area contributed by atoms with E-state index in [-0.39, 0.29) is 23.6 Å². The summed E-state index contributed by atoms with van der Waals surface area (Å²) < 4.78 is 12.5. The summed E-state index contributed by atoms with van der Waals surface area (Å²) in [6.45, 7) is 3.76. The number of carbonyl (C=O) groups is 2. The predicted octanol–water partition coefficient (Wildman–Crippen LogP) is 1.07. The number of carbonyl (C=O) groups excluding carboxylic acids is 2. The van der Waals surface area contributed by atoms with Gasteiger partial charge in [0.1, 0.15) is 5.69 Å². The van der Waals surface area contributed by atoms with Gasteiger partial charge in [-0.1, -0.05) is 30.3 Å². The summed E-state index contributed by atoms with van der Waals surface area (Å²) in [5, 5.41) is 7.17. The smallest absolute Gasteiger partial charge is 0.272 e. The fourth-order valence-corrected chi connectivity index (χ4v) is 3.45. The molecule has 2 aliphatic rings. The van der Waals surface area contributed by atoms with Crippen molar-refractivity contribution in [2.45, 2.75) is 25.6 Å². The van der Waals surface area contributed by atoms with Gasteiger partial charge in [-0.05, 0) is 12.0 Å². The summed E-state index contributed by atoms with van der Waals surface area (Å²) in [5.74, 6) is -0.408. The molecule has 2 amide bonds. The molecule has 8 heteroatoms. The molecule has 3 heterocycles. The number of nitrogens with one attached hydrogen (secondary N) is 1. The van der Waals surface area contributed by atoms with Crippen molar-refractivity contribution in [1.82, 2.24) is 20.0 Å². The molecule has 0 unspecified atom stereocenters. The van der Waals surface area contributed by atoms with E-state index in [9.17, 15) is 9.59 Å². The first kappa shape index (κ1) is 18.6. The molecule has 4 rings (SSSR count). The second-order valence-electron chi connectivity index (χ2n) is 6.98. The lowest BCUT2D eigenvalue weighted by molar-refractivity contribution is -0.0855. The lowest BCUT2D eigenvalue weighted by Crippen LogP contribution is -2.39. The fourth-order valence-electron chi connectivity index (χ4n) is 3.45. The van der Waals surface area contributed by atoms with Gasteiger partial charge in [-0.2, -0.15) is 5.10 Å². The second-order valence-corrected chi connectivity index (χ2v) is 6.98. The number of aryl methyl sites for hydroxylation is 1. The summed E-state index contributed by atoms with van der Waals surface area (Å²) in [6.07, 6.45) is 0.641. The van der Waals surface area contributed by atoms with E-state index in [4.69, 9.17) is 9.47 Å². The molecule has 2 aliphatic heterocycles. The Morgan fingerprint density at radius 2 is 2.07 bits per heavy atom. The van der Waals surface area contributed by atoms with E-state index in [0.29, 0.717) is 51.7 Å². The number of nitrogens with zero attached hydrogens (tertiary/aromatic N) is 3. The molecule has 1 saturated heterocycles. The minimum atomic E-state index is -0.308. The van der Waals surface area contributed by atoms with Gasteiger partial charge in [0.15, 0.2) is 5.69 Å². The summed E-state index contributed by atoms with van der Waals surface area (Å²) in [6, 6.07) is 11.5. The van der Waals surface area contributed by atoms with Gasteiger partial charge >= 0.3 is 0 Å². The van der Waals surface area contributed by atoms with Crippen LogP contribution in [0.2, 0.25) is 0 Å². The van der Waals surface area contributed by atoms with Gasteiger partial charge in [-0.25, -0.2) is 0 Å². The molecule has 2 aromatic rings. The Balaban J connectivity index is 1.43. The highest BCUT2D eigenvalue weighted by Gasteiger charge is 2.26. The lowest BCUT2D eigenvalue weighted by atomic mass is 10.2. The molecule has 28 heavy (non-hydrogen) atoms. The molecule has 1 N–H and O–H groups in total. The number of benzene rings is 1. The first-order valence-corrected chi connectivity index (χ1v) is 9.59. The molecule has 1 aromatic carbocycles. The maximum Gasteiger partial charge on any atom is 0.272 e. The lowest BCUT2D eigenvalue weighted by Gasteiger charge is -2.22. The van der Waals surface area contributed by atoms with E-state index in [1.807, 2.05) is 35.2 Å². The van der Waals surface area contributed by atoms with Crippen LogP contribution in [0, 0.1) is 0 Å². The standard InChI is InChI=1S/C20H24N4O4/c25-19(21-12-16-14-27-9-10-28-16)17-11-18-20(26)23(7-4-8-24(18)22-17)13-15-5-2-1-3-6-15/h1-3,5-6,11,16H,4,7-10,12-14H2,(H,21,25)/t16-/m1/s1. The van der Waals surface area contributed by atoms with Crippen LogP contribution in [0.15, 0.2) is 36.4 Å². The highest BCUT2D eigenvalue weighted by atomic mass is 16.6. The number of aromatic nitrogens is 2. The highest BCUT2D eigenvalue weighted by molar-refractivity contribution is 5.98. The molecule has 0 aliphatic carbocycles. The SMILES string of the molecule is O=C(NC[C@@H]1COCCO1)c1cc2n(n1)CCCN(Cc1ccccc1)C2=O. The maximum absolute atomic E-state index is 13.0. The van der Waals surface area contributed by atoms with Crippen molar-refractivity contribution < 1.29 is 19.1 Å².